The number of nitrogens with one attached hydrogen (secondary N) is 1. The number of imidazole rings is 1. The Morgan fingerprint density at radius 2 is 2.33 bits per heavy atom. The molecule has 1 unspecified atom stereocenters. The molecular formula is C13H13FN2O2. The lowest BCUT2D eigenvalue weighted by Crippen LogP contribution is -2.12. The smallest absolute Gasteiger partial charge is 0.161 e. The molecule has 1 aromatic heterocycles. The minimum atomic E-state index is -0.569. The predicted molar refractivity (Wildman–Crippen MR) is 64.0 cm³/mol. The van der Waals surface area contributed by atoms with Gasteiger partial charge in [-0.1, -0.05) is 0 Å². The summed E-state index contributed by atoms with van der Waals surface area (Å²) in [6.45, 7) is 0.712. The summed E-state index contributed by atoms with van der Waals surface area (Å²) >= 11 is 0. The Bertz CT molecular complexity index is 588. The number of aromatic amines is 1. The molecule has 94 valence electrons. The molecule has 2 aromatic rings. The first-order valence-electron chi connectivity index (χ1n) is 6.04. The number of hydrogen-bond donors (Lipinski definition) is 1. The Labute approximate surface area is 103 Å². The number of hydrogen-bond acceptors (Lipinski definition) is 3. The summed E-state index contributed by atoms with van der Waals surface area (Å²) in [6, 6.07) is 3.12. The molecule has 0 amide bonds. The van der Waals surface area contributed by atoms with Crippen LogP contribution in [0.15, 0.2) is 12.1 Å². The molecule has 1 aliphatic heterocycles. The van der Waals surface area contributed by atoms with Crippen LogP contribution in [0.25, 0.3) is 11.0 Å². The maximum atomic E-state index is 13.9. The highest BCUT2D eigenvalue weighted by Crippen LogP contribution is 2.28. The summed E-state index contributed by atoms with van der Waals surface area (Å²) < 4.78 is 19.5. The van der Waals surface area contributed by atoms with Gasteiger partial charge in [0.25, 0.3) is 0 Å². The second-order valence-electron chi connectivity index (χ2n) is 4.46. The van der Waals surface area contributed by atoms with Crippen molar-refractivity contribution in [2.45, 2.75) is 25.4 Å². The summed E-state index contributed by atoms with van der Waals surface area (Å²) in [6.07, 6.45) is 3.44. The van der Waals surface area contributed by atoms with Gasteiger partial charge in [-0.3, -0.25) is 4.79 Å². The number of carbonyl (C=O) groups is 1. The number of fused-ring (bicyclic) bond motifs is 1. The van der Waals surface area contributed by atoms with Crippen molar-refractivity contribution in [3.8, 4) is 0 Å². The van der Waals surface area contributed by atoms with E-state index in [4.69, 9.17) is 4.74 Å². The molecule has 1 fully saturated rings. The van der Waals surface area contributed by atoms with Crippen LogP contribution in [0, 0.1) is 5.82 Å². The number of halogens is 1. The number of aldehydes is 1. The van der Waals surface area contributed by atoms with Crippen LogP contribution in [-0.4, -0.2) is 22.9 Å². The van der Waals surface area contributed by atoms with Crippen molar-refractivity contribution in [2.75, 3.05) is 6.61 Å². The normalized spacial score (nSPS) is 20.2. The highest BCUT2D eigenvalue weighted by atomic mass is 19.1. The van der Waals surface area contributed by atoms with Gasteiger partial charge in [-0.15, -0.1) is 0 Å². The zero-order chi connectivity index (χ0) is 12.5. The largest absolute Gasteiger partial charge is 0.370 e. The highest BCUT2D eigenvalue weighted by Gasteiger charge is 2.21. The Hall–Kier alpha value is -1.75. The van der Waals surface area contributed by atoms with E-state index in [-0.39, 0.29) is 17.2 Å². The van der Waals surface area contributed by atoms with Gasteiger partial charge in [0.2, 0.25) is 0 Å². The summed E-state index contributed by atoms with van der Waals surface area (Å²) in [4.78, 5) is 18.0. The third-order valence-electron chi connectivity index (χ3n) is 3.25. The number of ether oxygens (including phenoxy) is 1. The molecule has 0 aliphatic carbocycles. The fourth-order valence-electron chi connectivity index (χ4n) is 2.28. The quantitative estimate of drug-likeness (QED) is 0.831. The minimum Gasteiger partial charge on any atom is -0.370 e. The van der Waals surface area contributed by atoms with E-state index in [0.717, 1.165) is 19.3 Å². The molecule has 0 bridgehead atoms. The average Bonchev–Trinajstić information content (AvgIpc) is 2.85. The van der Waals surface area contributed by atoms with E-state index in [2.05, 4.69) is 9.97 Å². The second-order valence-corrected chi connectivity index (χ2v) is 4.46. The van der Waals surface area contributed by atoms with E-state index in [1.165, 1.54) is 6.07 Å². The molecular weight excluding hydrogens is 235 g/mol. The molecule has 1 N–H and O–H groups in total. The first-order chi connectivity index (χ1) is 8.79. The lowest BCUT2D eigenvalue weighted by molar-refractivity contribution is 0.0101. The molecule has 5 heteroatoms. The van der Waals surface area contributed by atoms with Crippen molar-refractivity contribution in [3.63, 3.8) is 0 Å². The Morgan fingerprint density at radius 3 is 3.06 bits per heavy atom. The lowest BCUT2D eigenvalue weighted by Gasteiger charge is -2.20. The third kappa shape index (κ3) is 1.80. The number of nitrogens with zero attached hydrogens (tertiary/aromatic N) is 1. The maximum absolute atomic E-state index is 13.9. The number of H-pyrrole nitrogens is 1. The maximum Gasteiger partial charge on any atom is 0.161 e. The van der Waals surface area contributed by atoms with Crippen LogP contribution in [0.3, 0.4) is 0 Å². The molecule has 1 saturated heterocycles. The van der Waals surface area contributed by atoms with Gasteiger partial charge in [0.15, 0.2) is 12.1 Å². The zero-order valence-corrected chi connectivity index (χ0v) is 9.78. The van der Waals surface area contributed by atoms with Gasteiger partial charge in [0.1, 0.15) is 17.4 Å². The number of rotatable bonds is 2. The standard InChI is InChI=1S/C13H13FN2O2/c14-11-8(7-17)4-5-9-12(11)16-13(15-9)10-3-1-2-6-18-10/h4-5,7,10H,1-3,6H2,(H,15,16). The van der Waals surface area contributed by atoms with Crippen LogP contribution < -0.4 is 0 Å². The minimum absolute atomic E-state index is 0.0325. The summed E-state index contributed by atoms with van der Waals surface area (Å²) in [5.74, 6) is 0.0764. The molecule has 2 heterocycles. The van der Waals surface area contributed by atoms with E-state index in [1.807, 2.05) is 0 Å². The van der Waals surface area contributed by atoms with Crippen LogP contribution in [0.4, 0.5) is 4.39 Å². The molecule has 1 atom stereocenters. The van der Waals surface area contributed by atoms with Crippen LogP contribution in [0.1, 0.15) is 41.5 Å². The van der Waals surface area contributed by atoms with Crippen molar-refractivity contribution < 1.29 is 13.9 Å². The molecule has 18 heavy (non-hydrogen) atoms. The summed E-state index contributed by atoms with van der Waals surface area (Å²) in [5, 5.41) is 0. The summed E-state index contributed by atoms with van der Waals surface area (Å²) in [5.41, 5.74) is 0.844. The SMILES string of the molecule is O=Cc1ccc2[nH]c(C3CCCCO3)nc2c1F. The van der Waals surface area contributed by atoms with Crippen molar-refractivity contribution in [1.82, 2.24) is 9.97 Å². The van der Waals surface area contributed by atoms with E-state index >= 15 is 0 Å². The highest BCUT2D eigenvalue weighted by molar-refractivity contribution is 5.85. The van der Waals surface area contributed by atoms with Gasteiger partial charge in [-0.05, 0) is 31.4 Å². The first-order valence-corrected chi connectivity index (χ1v) is 6.04. The zero-order valence-electron chi connectivity index (χ0n) is 9.78. The van der Waals surface area contributed by atoms with Crippen molar-refractivity contribution in [3.05, 3.63) is 29.3 Å². The van der Waals surface area contributed by atoms with E-state index in [0.29, 0.717) is 24.2 Å². The average molecular weight is 248 g/mol. The van der Waals surface area contributed by atoms with Gasteiger partial charge < -0.3 is 9.72 Å². The van der Waals surface area contributed by atoms with Gasteiger partial charge in [0.05, 0.1) is 11.1 Å². The number of aromatic nitrogens is 2. The Kier molecular flexibility index (Phi) is 2.83. The molecule has 4 nitrogen and oxygen atoms in total. The van der Waals surface area contributed by atoms with E-state index in [9.17, 15) is 9.18 Å². The van der Waals surface area contributed by atoms with Gasteiger partial charge >= 0.3 is 0 Å². The van der Waals surface area contributed by atoms with Crippen molar-refractivity contribution >= 4 is 17.3 Å². The number of carbonyl (C=O) groups excluding carboxylic acids is 1. The molecule has 1 aromatic carbocycles. The van der Waals surface area contributed by atoms with E-state index in [1.54, 1.807) is 6.07 Å². The third-order valence-corrected chi connectivity index (χ3v) is 3.25. The van der Waals surface area contributed by atoms with Gasteiger partial charge in [-0.2, -0.15) is 0 Å². The van der Waals surface area contributed by atoms with Crippen molar-refractivity contribution in [1.29, 1.82) is 0 Å². The topological polar surface area (TPSA) is 55.0 Å². The molecule has 1 aliphatic rings. The van der Waals surface area contributed by atoms with Crippen LogP contribution in [0.2, 0.25) is 0 Å². The fraction of sp³-hybridized carbons (Fsp3) is 0.385. The first kappa shape index (κ1) is 11.3. The van der Waals surface area contributed by atoms with Crippen LogP contribution in [-0.2, 0) is 4.74 Å². The van der Waals surface area contributed by atoms with Gasteiger partial charge in [-0.25, -0.2) is 9.37 Å². The van der Waals surface area contributed by atoms with E-state index < -0.39 is 5.82 Å². The second kappa shape index (κ2) is 4.49. The molecule has 3 rings (SSSR count). The van der Waals surface area contributed by atoms with Crippen LogP contribution >= 0.6 is 0 Å². The lowest BCUT2D eigenvalue weighted by atomic mass is 10.1. The Morgan fingerprint density at radius 1 is 1.44 bits per heavy atom. The van der Waals surface area contributed by atoms with Crippen molar-refractivity contribution in [2.24, 2.45) is 0 Å². The molecule has 0 saturated carbocycles. The van der Waals surface area contributed by atoms with Gasteiger partial charge in [0, 0.05) is 6.61 Å². The molecule has 0 spiro atoms. The predicted octanol–water partition coefficient (Wildman–Crippen LogP) is 2.76. The Balaban J connectivity index is 2.04. The molecule has 0 radical (unpaired) electrons. The van der Waals surface area contributed by atoms with Crippen LogP contribution in [0.5, 0.6) is 0 Å². The fourth-order valence-corrected chi connectivity index (χ4v) is 2.28. The summed E-state index contributed by atoms with van der Waals surface area (Å²) in [7, 11) is 0. The monoisotopic (exact) mass is 248 g/mol. The number of benzene rings is 1.